The van der Waals surface area contributed by atoms with Crippen molar-refractivity contribution in [2.45, 2.75) is 96.8 Å². The van der Waals surface area contributed by atoms with Gasteiger partial charge in [0.1, 0.15) is 0 Å². The summed E-state index contributed by atoms with van der Waals surface area (Å²) in [6.07, 6.45) is 19.8. The summed E-state index contributed by atoms with van der Waals surface area (Å²) in [6.45, 7) is 2.63. The van der Waals surface area contributed by atoms with Crippen molar-refractivity contribution in [1.29, 1.82) is 0 Å². The number of ether oxygens (including phenoxy) is 1. The minimum Gasteiger partial charge on any atom is -0.478 e. The van der Waals surface area contributed by atoms with Gasteiger partial charge in [-0.2, -0.15) is 0 Å². The highest BCUT2D eigenvalue weighted by molar-refractivity contribution is 5.90. The third kappa shape index (κ3) is 23.4. The van der Waals surface area contributed by atoms with Gasteiger partial charge in [0.2, 0.25) is 0 Å². The number of hydrogen-bond acceptors (Lipinski definition) is 3. The number of unbranched alkanes of at least 4 members (excludes halogenated alkanes) is 13. The van der Waals surface area contributed by atoms with Crippen LogP contribution in [0.1, 0.15) is 96.8 Å². The van der Waals surface area contributed by atoms with Gasteiger partial charge in [0.25, 0.3) is 0 Å². The highest BCUT2D eigenvalue weighted by Gasteiger charge is 1.98. The first-order valence-corrected chi connectivity index (χ1v) is 9.74. The summed E-state index contributed by atoms with van der Waals surface area (Å²) in [6, 6.07) is 0. The van der Waals surface area contributed by atoms with E-state index in [0.717, 1.165) is 25.0 Å². The molecule has 0 saturated heterocycles. The molecule has 0 aromatic rings. The molecule has 0 rings (SSSR count). The predicted molar refractivity (Wildman–Crippen MR) is 107 cm³/mol. The lowest BCUT2D eigenvalue weighted by molar-refractivity contribution is -0.138. The Morgan fingerprint density at radius 1 is 0.720 bits per heavy atom. The SMILES string of the molecule is CCCCCCCCCCCCCCCCOC(=O)/C=C/C(=O)O.[MgH2]. The van der Waals surface area contributed by atoms with Gasteiger partial charge in [-0.3, -0.25) is 0 Å². The first kappa shape index (κ1) is 26.7. The van der Waals surface area contributed by atoms with E-state index in [1.54, 1.807) is 0 Å². The number of hydrogen-bond donors (Lipinski definition) is 1. The molecule has 0 amide bonds. The van der Waals surface area contributed by atoms with Crippen molar-refractivity contribution in [3.05, 3.63) is 12.2 Å². The maximum absolute atomic E-state index is 11.1. The van der Waals surface area contributed by atoms with Crippen LogP contribution in [0.3, 0.4) is 0 Å². The largest absolute Gasteiger partial charge is 0.478 e. The first-order valence-electron chi connectivity index (χ1n) is 9.74. The lowest BCUT2D eigenvalue weighted by Crippen LogP contribution is -2.03. The van der Waals surface area contributed by atoms with Crippen molar-refractivity contribution >= 4 is 35.0 Å². The molecule has 25 heavy (non-hydrogen) atoms. The van der Waals surface area contributed by atoms with Crippen LogP contribution in [0.15, 0.2) is 12.2 Å². The van der Waals surface area contributed by atoms with Crippen molar-refractivity contribution < 1.29 is 19.4 Å². The molecule has 0 aliphatic carbocycles. The molecule has 0 saturated carbocycles. The van der Waals surface area contributed by atoms with Gasteiger partial charge in [0, 0.05) is 12.2 Å². The third-order valence-electron chi connectivity index (χ3n) is 4.10. The van der Waals surface area contributed by atoms with Crippen LogP contribution in [-0.4, -0.2) is 46.7 Å². The van der Waals surface area contributed by atoms with Crippen LogP contribution in [-0.2, 0) is 14.3 Å². The van der Waals surface area contributed by atoms with E-state index in [2.05, 4.69) is 6.92 Å². The van der Waals surface area contributed by atoms with E-state index < -0.39 is 11.9 Å². The Labute approximate surface area is 169 Å². The minimum atomic E-state index is -1.14. The van der Waals surface area contributed by atoms with Gasteiger partial charge in [-0.1, -0.05) is 90.4 Å². The van der Waals surface area contributed by atoms with Crippen LogP contribution >= 0.6 is 0 Å². The molecular weight excluding hydrogens is 329 g/mol. The lowest BCUT2D eigenvalue weighted by Gasteiger charge is -2.04. The number of aliphatic carboxylic acids is 1. The van der Waals surface area contributed by atoms with Crippen molar-refractivity contribution in [2.75, 3.05) is 6.61 Å². The van der Waals surface area contributed by atoms with Crippen LogP contribution in [0.4, 0.5) is 0 Å². The van der Waals surface area contributed by atoms with Gasteiger partial charge in [0.15, 0.2) is 0 Å². The topological polar surface area (TPSA) is 63.6 Å². The Balaban J connectivity index is 0. The summed E-state index contributed by atoms with van der Waals surface area (Å²) in [5.74, 6) is -1.71. The van der Waals surface area contributed by atoms with E-state index in [1.165, 1.54) is 77.0 Å². The van der Waals surface area contributed by atoms with Gasteiger partial charge < -0.3 is 9.84 Å². The average molecular weight is 367 g/mol. The fourth-order valence-corrected chi connectivity index (χ4v) is 2.66. The van der Waals surface area contributed by atoms with E-state index >= 15 is 0 Å². The van der Waals surface area contributed by atoms with E-state index in [4.69, 9.17) is 9.84 Å². The molecule has 0 unspecified atom stereocenters. The molecule has 5 heteroatoms. The molecule has 4 nitrogen and oxygen atoms in total. The van der Waals surface area contributed by atoms with E-state index in [9.17, 15) is 9.59 Å². The first-order chi connectivity index (χ1) is 11.7. The summed E-state index contributed by atoms with van der Waals surface area (Å²) in [4.78, 5) is 21.3. The summed E-state index contributed by atoms with van der Waals surface area (Å²) in [7, 11) is 0. The molecule has 0 atom stereocenters. The molecule has 0 bridgehead atoms. The monoisotopic (exact) mass is 366 g/mol. The quantitative estimate of drug-likeness (QED) is 0.175. The van der Waals surface area contributed by atoms with Gasteiger partial charge in [0.05, 0.1) is 6.61 Å². The lowest BCUT2D eigenvalue weighted by atomic mass is 10.0. The number of carbonyl (C=O) groups is 2. The highest BCUT2D eigenvalue weighted by Crippen LogP contribution is 2.12. The Bertz CT molecular complexity index is 343. The van der Waals surface area contributed by atoms with Crippen LogP contribution in [0.2, 0.25) is 0 Å². The Kier molecular flexibility index (Phi) is 22.9. The van der Waals surface area contributed by atoms with Gasteiger partial charge in [-0.05, 0) is 6.42 Å². The molecule has 1 N–H and O–H groups in total. The zero-order valence-electron chi connectivity index (χ0n) is 15.4. The second kappa shape index (κ2) is 21.5. The molecule has 0 heterocycles. The van der Waals surface area contributed by atoms with Gasteiger partial charge in [-0.25, -0.2) is 9.59 Å². The van der Waals surface area contributed by atoms with Gasteiger partial charge in [-0.15, -0.1) is 0 Å². The van der Waals surface area contributed by atoms with E-state index in [-0.39, 0.29) is 23.1 Å². The zero-order chi connectivity index (χ0) is 17.9. The minimum absolute atomic E-state index is 0. The third-order valence-corrected chi connectivity index (χ3v) is 4.10. The molecular formula is C20H38MgO4. The normalized spacial score (nSPS) is 10.6. The molecule has 144 valence electrons. The maximum Gasteiger partial charge on any atom is 0.331 e. The smallest absolute Gasteiger partial charge is 0.331 e. The molecule has 0 spiro atoms. The Morgan fingerprint density at radius 2 is 1.12 bits per heavy atom. The van der Waals surface area contributed by atoms with Crippen molar-refractivity contribution in [1.82, 2.24) is 0 Å². The number of rotatable bonds is 17. The number of carboxylic acids is 1. The summed E-state index contributed by atoms with van der Waals surface area (Å²) in [5, 5.41) is 8.37. The zero-order valence-corrected chi connectivity index (χ0v) is 15.4. The van der Waals surface area contributed by atoms with Crippen LogP contribution < -0.4 is 0 Å². The Morgan fingerprint density at radius 3 is 1.52 bits per heavy atom. The molecule has 0 aromatic carbocycles. The van der Waals surface area contributed by atoms with E-state index in [0.29, 0.717) is 6.61 Å². The number of esters is 1. The van der Waals surface area contributed by atoms with Crippen molar-refractivity contribution in [2.24, 2.45) is 0 Å². The summed E-state index contributed by atoms with van der Waals surface area (Å²) in [5.41, 5.74) is 0. The van der Waals surface area contributed by atoms with Gasteiger partial charge >= 0.3 is 35.0 Å². The number of carboxylic acid groups (broad SMARTS) is 1. The van der Waals surface area contributed by atoms with Crippen LogP contribution in [0.25, 0.3) is 0 Å². The molecule has 0 aromatic heterocycles. The van der Waals surface area contributed by atoms with Crippen molar-refractivity contribution in [3.63, 3.8) is 0 Å². The fraction of sp³-hybridized carbons (Fsp3) is 0.800. The number of carbonyl (C=O) groups excluding carboxylic acids is 1. The second-order valence-corrected chi connectivity index (χ2v) is 6.44. The average Bonchev–Trinajstić information content (AvgIpc) is 2.56. The molecule has 0 radical (unpaired) electrons. The Hall–Kier alpha value is -0.554. The van der Waals surface area contributed by atoms with E-state index in [1.807, 2.05) is 0 Å². The molecule has 0 aliphatic heterocycles. The van der Waals surface area contributed by atoms with Crippen molar-refractivity contribution in [3.8, 4) is 0 Å². The summed E-state index contributed by atoms with van der Waals surface area (Å²) >= 11 is 0. The second-order valence-electron chi connectivity index (χ2n) is 6.44. The maximum atomic E-state index is 11.1. The predicted octanol–water partition coefficient (Wildman–Crippen LogP) is 4.74. The summed E-state index contributed by atoms with van der Waals surface area (Å²) < 4.78 is 4.91. The fourth-order valence-electron chi connectivity index (χ4n) is 2.66. The molecule has 0 fully saturated rings. The highest BCUT2D eigenvalue weighted by atomic mass is 24.3. The molecule has 0 aliphatic rings. The van der Waals surface area contributed by atoms with Crippen LogP contribution in [0.5, 0.6) is 0 Å². The standard InChI is InChI=1S/C20H36O4.Mg.2H/c1-2-3-4-5-6-7-8-9-10-11-12-13-14-15-18-24-20(23)17-16-19(21)22;;;/h16-17H,2-15,18H2,1H3,(H,21,22);;;/b17-16+;;;. The van der Waals surface area contributed by atoms with Crippen LogP contribution in [0, 0.1) is 0 Å².